The van der Waals surface area contributed by atoms with Gasteiger partial charge in [0.2, 0.25) is 0 Å². The molecule has 2 heterocycles. The maximum Gasteiger partial charge on any atom is 0.182 e. The van der Waals surface area contributed by atoms with E-state index < -0.39 is 0 Å². The van der Waals surface area contributed by atoms with Gasteiger partial charge in [0.15, 0.2) is 5.82 Å². The van der Waals surface area contributed by atoms with E-state index in [1.54, 1.807) is 7.11 Å². The highest BCUT2D eigenvalue weighted by Crippen LogP contribution is 2.33. The summed E-state index contributed by atoms with van der Waals surface area (Å²) < 4.78 is 7.64. The standard InChI is InChI=1S/C21H24N4O/c1-15-23-24-21(25(15)18-8-4-3-5-9-18)20-14-17(11-12-22-20)16-7-6-10-19(13-16)26-2/h6-7,10-14,18H,3-5,8-9H2,1-2H3. The molecule has 0 amide bonds. The predicted octanol–water partition coefficient (Wildman–Crippen LogP) is 4.83. The molecular formula is C21H24N4O. The average Bonchev–Trinajstić information content (AvgIpc) is 3.10. The van der Waals surface area contributed by atoms with Gasteiger partial charge in [-0.1, -0.05) is 31.4 Å². The molecule has 1 aliphatic rings. The minimum atomic E-state index is 0.482. The highest BCUT2D eigenvalue weighted by atomic mass is 16.5. The van der Waals surface area contributed by atoms with Crippen molar-refractivity contribution in [3.63, 3.8) is 0 Å². The zero-order valence-corrected chi connectivity index (χ0v) is 15.4. The molecule has 134 valence electrons. The number of aryl methyl sites for hydroxylation is 1. The lowest BCUT2D eigenvalue weighted by molar-refractivity contribution is 0.350. The first kappa shape index (κ1) is 16.8. The number of rotatable bonds is 4. The van der Waals surface area contributed by atoms with E-state index in [0.717, 1.165) is 34.2 Å². The summed E-state index contributed by atoms with van der Waals surface area (Å²) in [5.41, 5.74) is 3.08. The van der Waals surface area contributed by atoms with Crippen molar-refractivity contribution in [1.29, 1.82) is 0 Å². The third-order valence-corrected chi connectivity index (χ3v) is 5.20. The lowest BCUT2D eigenvalue weighted by Crippen LogP contribution is -2.15. The Morgan fingerprint density at radius 1 is 1.00 bits per heavy atom. The Labute approximate surface area is 154 Å². The van der Waals surface area contributed by atoms with Crippen molar-refractivity contribution in [2.24, 2.45) is 0 Å². The number of aromatic nitrogens is 4. The van der Waals surface area contributed by atoms with Gasteiger partial charge in [0, 0.05) is 12.2 Å². The number of nitrogens with zero attached hydrogens (tertiary/aromatic N) is 4. The SMILES string of the molecule is COc1cccc(-c2ccnc(-c3nnc(C)n3C3CCCCC3)c2)c1. The summed E-state index contributed by atoms with van der Waals surface area (Å²) in [4.78, 5) is 4.59. The van der Waals surface area contributed by atoms with E-state index in [9.17, 15) is 0 Å². The topological polar surface area (TPSA) is 52.8 Å². The molecule has 0 spiro atoms. The van der Waals surface area contributed by atoms with Gasteiger partial charge in [0.25, 0.3) is 0 Å². The normalized spacial score (nSPS) is 15.2. The van der Waals surface area contributed by atoms with Gasteiger partial charge in [-0.05, 0) is 55.2 Å². The lowest BCUT2D eigenvalue weighted by Gasteiger charge is -2.25. The quantitative estimate of drug-likeness (QED) is 0.678. The Bertz CT molecular complexity index is 897. The van der Waals surface area contributed by atoms with Crippen LogP contribution in [-0.4, -0.2) is 26.9 Å². The molecule has 1 fully saturated rings. The van der Waals surface area contributed by atoms with Crippen LogP contribution < -0.4 is 4.74 Å². The van der Waals surface area contributed by atoms with Gasteiger partial charge in [0.1, 0.15) is 17.3 Å². The van der Waals surface area contributed by atoms with Crippen molar-refractivity contribution >= 4 is 0 Å². The first-order valence-corrected chi connectivity index (χ1v) is 9.28. The van der Waals surface area contributed by atoms with Crippen LogP contribution in [0.1, 0.15) is 44.0 Å². The molecule has 0 aliphatic heterocycles. The summed E-state index contributed by atoms with van der Waals surface area (Å²) in [6.45, 7) is 2.04. The summed E-state index contributed by atoms with van der Waals surface area (Å²) in [7, 11) is 1.69. The molecule has 4 rings (SSSR count). The number of hydrogen-bond donors (Lipinski definition) is 0. The summed E-state index contributed by atoms with van der Waals surface area (Å²) in [6.07, 6.45) is 8.12. The minimum absolute atomic E-state index is 0.482. The highest BCUT2D eigenvalue weighted by Gasteiger charge is 2.22. The molecule has 2 aromatic heterocycles. The van der Waals surface area contributed by atoms with E-state index in [1.165, 1.54) is 32.1 Å². The van der Waals surface area contributed by atoms with Gasteiger partial charge in [-0.25, -0.2) is 0 Å². The number of ether oxygens (including phenoxy) is 1. The lowest BCUT2D eigenvalue weighted by atomic mass is 9.95. The van der Waals surface area contributed by atoms with Gasteiger partial charge in [-0.2, -0.15) is 0 Å². The van der Waals surface area contributed by atoms with Crippen molar-refractivity contribution in [3.8, 4) is 28.4 Å². The van der Waals surface area contributed by atoms with Gasteiger partial charge in [0.05, 0.1) is 7.11 Å². The van der Waals surface area contributed by atoms with Crippen molar-refractivity contribution in [3.05, 3.63) is 48.4 Å². The van der Waals surface area contributed by atoms with Gasteiger partial charge in [-0.15, -0.1) is 10.2 Å². The van der Waals surface area contributed by atoms with Crippen LogP contribution >= 0.6 is 0 Å². The second kappa shape index (κ2) is 7.28. The molecular weight excluding hydrogens is 324 g/mol. The van der Waals surface area contributed by atoms with Crippen LogP contribution in [-0.2, 0) is 0 Å². The smallest absolute Gasteiger partial charge is 0.182 e. The van der Waals surface area contributed by atoms with E-state index in [2.05, 4.69) is 31.9 Å². The van der Waals surface area contributed by atoms with Crippen molar-refractivity contribution in [2.45, 2.75) is 45.1 Å². The zero-order chi connectivity index (χ0) is 17.9. The Kier molecular flexibility index (Phi) is 4.69. The molecule has 0 bridgehead atoms. The Hall–Kier alpha value is -2.69. The van der Waals surface area contributed by atoms with Gasteiger partial charge in [-0.3, -0.25) is 4.98 Å². The second-order valence-electron chi connectivity index (χ2n) is 6.89. The van der Waals surface area contributed by atoms with Crippen LogP contribution in [0.4, 0.5) is 0 Å². The first-order valence-electron chi connectivity index (χ1n) is 9.28. The van der Waals surface area contributed by atoms with Crippen molar-refractivity contribution < 1.29 is 4.74 Å². The molecule has 0 unspecified atom stereocenters. The van der Waals surface area contributed by atoms with Gasteiger partial charge < -0.3 is 9.30 Å². The number of benzene rings is 1. The average molecular weight is 348 g/mol. The van der Waals surface area contributed by atoms with Crippen LogP contribution in [0.5, 0.6) is 5.75 Å². The van der Waals surface area contributed by atoms with Crippen molar-refractivity contribution in [1.82, 2.24) is 19.7 Å². The van der Waals surface area contributed by atoms with Crippen molar-refractivity contribution in [2.75, 3.05) is 7.11 Å². The molecule has 0 saturated heterocycles. The molecule has 5 heteroatoms. The summed E-state index contributed by atoms with van der Waals surface area (Å²) in [5, 5.41) is 8.81. The fraction of sp³-hybridized carbons (Fsp3) is 0.381. The van der Waals surface area contributed by atoms with E-state index in [-0.39, 0.29) is 0 Å². The maximum atomic E-state index is 5.35. The molecule has 0 radical (unpaired) electrons. The first-order chi connectivity index (χ1) is 12.8. The molecule has 1 aromatic carbocycles. The predicted molar refractivity (Wildman–Crippen MR) is 102 cm³/mol. The molecule has 1 saturated carbocycles. The largest absolute Gasteiger partial charge is 0.497 e. The molecule has 0 N–H and O–H groups in total. The van der Waals surface area contributed by atoms with E-state index >= 15 is 0 Å². The fourth-order valence-electron chi connectivity index (χ4n) is 3.86. The number of pyridine rings is 1. The summed E-state index contributed by atoms with van der Waals surface area (Å²) in [6, 6.07) is 12.7. The van der Waals surface area contributed by atoms with E-state index in [4.69, 9.17) is 4.74 Å². The Morgan fingerprint density at radius 2 is 1.81 bits per heavy atom. The third-order valence-electron chi connectivity index (χ3n) is 5.20. The number of hydrogen-bond acceptors (Lipinski definition) is 4. The van der Waals surface area contributed by atoms with Crippen LogP contribution in [0.3, 0.4) is 0 Å². The van der Waals surface area contributed by atoms with Crippen LogP contribution in [0, 0.1) is 6.92 Å². The van der Waals surface area contributed by atoms with Gasteiger partial charge >= 0.3 is 0 Å². The molecule has 26 heavy (non-hydrogen) atoms. The molecule has 3 aromatic rings. The number of methoxy groups -OCH3 is 1. The summed E-state index contributed by atoms with van der Waals surface area (Å²) >= 11 is 0. The molecule has 1 aliphatic carbocycles. The van der Waals surface area contributed by atoms with Crippen LogP contribution in [0.2, 0.25) is 0 Å². The molecule has 0 atom stereocenters. The zero-order valence-electron chi connectivity index (χ0n) is 15.4. The van der Waals surface area contributed by atoms with Crippen LogP contribution in [0.25, 0.3) is 22.6 Å². The van der Waals surface area contributed by atoms with E-state index in [0.29, 0.717) is 6.04 Å². The van der Waals surface area contributed by atoms with Crippen LogP contribution in [0.15, 0.2) is 42.6 Å². The summed E-state index contributed by atoms with van der Waals surface area (Å²) in [5.74, 6) is 2.70. The minimum Gasteiger partial charge on any atom is -0.497 e. The van der Waals surface area contributed by atoms with E-state index in [1.807, 2.05) is 37.4 Å². The Morgan fingerprint density at radius 3 is 2.62 bits per heavy atom. The monoisotopic (exact) mass is 348 g/mol. The fourth-order valence-corrected chi connectivity index (χ4v) is 3.86. The Balaban J connectivity index is 1.73. The maximum absolute atomic E-state index is 5.35. The highest BCUT2D eigenvalue weighted by molar-refractivity contribution is 5.69. The third kappa shape index (κ3) is 3.21. The second-order valence-corrected chi connectivity index (χ2v) is 6.89. The molecule has 5 nitrogen and oxygen atoms in total.